The second-order valence-electron chi connectivity index (χ2n) is 7.08. The van der Waals surface area contributed by atoms with Gasteiger partial charge in [0.25, 0.3) is 0 Å². The maximum atomic E-state index is 14.0. The van der Waals surface area contributed by atoms with Gasteiger partial charge in [0.05, 0.1) is 25.3 Å². The summed E-state index contributed by atoms with van der Waals surface area (Å²) < 4.78 is 24.9. The standard InChI is InChI=1S/C25H26FNO2/c1-4-13-25(27,24-22(28-2)15-21(26)16-23(24)29-3)17-18-9-8-12-20(14-18)19-10-6-5-7-11-19/h4-12,14-16H,1,13,17,27H2,2-3H3. The van der Waals surface area contributed by atoms with E-state index in [0.717, 1.165) is 16.7 Å². The van der Waals surface area contributed by atoms with Crippen LogP contribution in [0.1, 0.15) is 17.5 Å². The van der Waals surface area contributed by atoms with E-state index in [4.69, 9.17) is 15.2 Å². The lowest BCUT2D eigenvalue weighted by molar-refractivity contribution is 0.341. The lowest BCUT2D eigenvalue weighted by Gasteiger charge is -2.32. The van der Waals surface area contributed by atoms with Crippen LogP contribution in [0.5, 0.6) is 11.5 Å². The van der Waals surface area contributed by atoms with E-state index in [1.807, 2.05) is 30.3 Å². The third-order valence-corrected chi connectivity index (χ3v) is 5.03. The van der Waals surface area contributed by atoms with Crippen LogP contribution in [0, 0.1) is 5.82 Å². The summed E-state index contributed by atoms with van der Waals surface area (Å²) in [5.41, 5.74) is 9.97. The Labute approximate surface area is 171 Å². The molecule has 0 saturated carbocycles. The zero-order chi connectivity index (χ0) is 20.9. The molecule has 0 radical (unpaired) electrons. The van der Waals surface area contributed by atoms with Crippen molar-refractivity contribution in [3.05, 3.63) is 96.3 Å². The molecule has 29 heavy (non-hydrogen) atoms. The van der Waals surface area contributed by atoms with Crippen molar-refractivity contribution in [3.63, 3.8) is 0 Å². The van der Waals surface area contributed by atoms with Crippen LogP contribution < -0.4 is 15.2 Å². The topological polar surface area (TPSA) is 44.5 Å². The lowest BCUT2D eigenvalue weighted by atomic mass is 9.80. The van der Waals surface area contributed by atoms with Crippen LogP contribution in [0.15, 0.2) is 79.4 Å². The molecule has 0 heterocycles. The quantitative estimate of drug-likeness (QED) is 0.517. The monoisotopic (exact) mass is 391 g/mol. The Kier molecular flexibility index (Phi) is 6.35. The highest BCUT2D eigenvalue weighted by Gasteiger charge is 2.34. The molecule has 0 aromatic heterocycles. The number of ether oxygens (including phenoxy) is 2. The first kappa shape index (κ1) is 20.6. The first-order valence-electron chi connectivity index (χ1n) is 9.47. The van der Waals surface area contributed by atoms with E-state index in [0.29, 0.717) is 29.9 Å². The molecule has 0 aliphatic rings. The fourth-order valence-electron chi connectivity index (χ4n) is 3.75. The minimum absolute atomic E-state index is 0.366. The third kappa shape index (κ3) is 4.49. The van der Waals surface area contributed by atoms with Gasteiger partial charge in [-0.25, -0.2) is 4.39 Å². The molecule has 1 atom stereocenters. The maximum Gasteiger partial charge on any atom is 0.130 e. The van der Waals surface area contributed by atoms with Gasteiger partial charge in [0.15, 0.2) is 0 Å². The van der Waals surface area contributed by atoms with Crippen molar-refractivity contribution in [2.24, 2.45) is 5.73 Å². The highest BCUT2D eigenvalue weighted by atomic mass is 19.1. The summed E-state index contributed by atoms with van der Waals surface area (Å²) >= 11 is 0. The van der Waals surface area contributed by atoms with E-state index < -0.39 is 11.4 Å². The highest BCUT2D eigenvalue weighted by Crippen LogP contribution is 2.41. The first-order chi connectivity index (χ1) is 14.0. The zero-order valence-corrected chi connectivity index (χ0v) is 16.8. The first-order valence-corrected chi connectivity index (χ1v) is 9.47. The predicted octanol–water partition coefficient (Wildman–Crippen LogP) is 5.48. The largest absolute Gasteiger partial charge is 0.496 e. The molecule has 1 unspecified atom stereocenters. The normalized spacial score (nSPS) is 12.8. The Morgan fingerprint density at radius 3 is 2.14 bits per heavy atom. The molecule has 0 saturated heterocycles. The Balaban J connectivity index is 2.06. The van der Waals surface area contributed by atoms with Gasteiger partial charge in [-0.3, -0.25) is 0 Å². The van der Waals surface area contributed by atoms with Crippen LogP contribution in [0.2, 0.25) is 0 Å². The number of nitrogens with two attached hydrogens (primary N) is 1. The van der Waals surface area contributed by atoms with Gasteiger partial charge >= 0.3 is 0 Å². The Morgan fingerprint density at radius 2 is 1.55 bits per heavy atom. The molecule has 0 bridgehead atoms. The average molecular weight is 391 g/mol. The second kappa shape index (κ2) is 8.93. The SMILES string of the molecule is C=CCC(N)(Cc1cccc(-c2ccccc2)c1)c1c(OC)cc(F)cc1OC. The summed E-state index contributed by atoms with van der Waals surface area (Å²) in [6, 6.07) is 21.1. The third-order valence-electron chi connectivity index (χ3n) is 5.03. The smallest absolute Gasteiger partial charge is 0.130 e. The van der Waals surface area contributed by atoms with Gasteiger partial charge in [0.1, 0.15) is 17.3 Å². The van der Waals surface area contributed by atoms with Crippen molar-refractivity contribution >= 4 is 0 Å². The van der Waals surface area contributed by atoms with Gasteiger partial charge in [0, 0.05) is 12.1 Å². The zero-order valence-electron chi connectivity index (χ0n) is 16.8. The molecular weight excluding hydrogens is 365 g/mol. The van der Waals surface area contributed by atoms with E-state index in [-0.39, 0.29) is 0 Å². The van der Waals surface area contributed by atoms with E-state index in [1.165, 1.54) is 26.4 Å². The summed E-state index contributed by atoms with van der Waals surface area (Å²) in [4.78, 5) is 0. The number of halogens is 1. The van der Waals surface area contributed by atoms with Gasteiger partial charge in [-0.15, -0.1) is 6.58 Å². The number of hydrogen-bond acceptors (Lipinski definition) is 3. The molecular formula is C25H26FNO2. The highest BCUT2D eigenvalue weighted by molar-refractivity contribution is 5.64. The van der Waals surface area contributed by atoms with Crippen LogP contribution >= 0.6 is 0 Å². The molecule has 3 aromatic rings. The van der Waals surface area contributed by atoms with E-state index in [2.05, 4.69) is 30.8 Å². The Hall–Kier alpha value is -3.11. The van der Waals surface area contributed by atoms with Crippen LogP contribution in [-0.2, 0) is 12.0 Å². The molecule has 0 aliphatic carbocycles. The van der Waals surface area contributed by atoms with Crippen LogP contribution in [0.25, 0.3) is 11.1 Å². The predicted molar refractivity (Wildman–Crippen MR) is 116 cm³/mol. The molecule has 2 N–H and O–H groups in total. The van der Waals surface area contributed by atoms with Gasteiger partial charge in [-0.2, -0.15) is 0 Å². The molecule has 3 aromatic carbocycles. The van der Waals surface area contributed by atoms with E-state index in [9.17, 15) is 4.39 Å². The van der Waals surface area contributed by atoms with Crippen molar-refractivity contribution in [2.75, 3.05) is 14.2 Å². The van der Waals surface area contributed by atoms with Gasteiger partial charge in [-0.1, -0.05) is 60.7 Å². The minimum atomic E-state index is -0.874. The van der Waals surface area contributed by atoms with Crippen molar-refractivity contribution in [1.82, 2.24) is 0 Å². The number of rotatable bonds is 8. The Bertz CT molecular complexity index is 962. The molecule has 0 fully saturated rings. The number of benzene rings is 3. The summed E-state index contributed by atoms with van der Waals surface area (Å²) in [7, 11) is 3.00. The lowest BCUT2D eigenvalue weighted by Crippen LogP contribution is -2.39. The van der Waals surface area contributed by atoms with Gasteiger partial charge in [0.2, 0.25) is 0 Å². The summed E-state index contributed by atoms with van der Waals surface area (Å²) in [5, 5.41) is 0. The van der Waals surface area contributed by atoms with E-state index >= 15 is 0 Å². The number of methoxy groups -OCH3 is 2. The average Bonchev–Trinajstić information content (AvgIpc) is 2.73. The molecule has 0 spiro atoms. The molecule has 3 rings (SSSR count). The molecule has 0 amide bonds. The van der Waals surface area contributed by atoms with Crippen LogP contribution in [0.3, 0.4) is 0 Å². The fourth-order valence-corrected chi connectivity index (χ4v) is 3.75. The number of hydrogen-bond donors (Lipinski definition) is 1. The van der Waals surface area contributed by atoms with Crippen LogP contribution in [-0.4, -0.2) is 14.2 Å². The summed E-state index contributed by atoms with van der Waals surface area (Å²) in [6.45, 7) is 3.87. The van der Waals surface area contributed by atoms with Crippen molar-refractivity contribution in [3.8, 4) is 22.6 Å². The second-order valence-corrected chi connectivity index (χ2v) is 7.08. The molecule has 3 nitrogen and oxygen atoms in total. The Morgan fingerprint density at radius 1 is 0.931 bits per heavy atom. The van der Waals surface area contributed by atoms with Crippen LogP contribution in [0.4, 0.5) is 4.39 Å². The van der Waals surface area contributed by atoms with Gasteiger partial charge < -0.3 is 15.2 Å². The van der Waals surface area contributed by atoms with E-state index in [1.54, 1.807) is 6.08 Å². The maximum absolute atomic E-state index is 14.0. The van der Waals surface area contributed by atoms with Gasteiger partial charge in [-0.05, 0) is 29.5 Å². The summed E-state index contributed by atoms with van der Waals surface area (Å²) in [6.07, 6.45) is 2.75. The van der Waals surface area contributed by atoms with Crippen molar-refractivity contribution < 1.29 is 13.9 Å². The van der Waals surface area contributed by atoms with Crippen molar-refractivity contribution in [1.29, 1.82) is 0 Å². The molecule has 4 heteroatoms. The minimum Gasteiger partial charge on any atom is -0.496 e. The fraction of sp³-hybridized carbons (Fsp3) is 0.200. The summed E-state index contributed by atoms with van der Waals surface area (Å²) in [5.74, 6) is 0.297. The van der Waals surface area contributed by atoms with Crippen molar-refractivity contribution in [2.45, 2.75) is 18.4 Å². The molecule has 150 valence electrons. The molecule has 0 aliphatic heterocycles.